The quantitative estimate of drug-likeness (QED) is 0.790. The van der Waals surface area contributed by atoms with E-state index in [2.05, 4.69) is 26.1 Å². The number of hydrogen-bond donors (Lipinski definition) is 2. The Hall–Kier alpha value is -0.650. The van der Waals surface area contributed by atoms with Crippen molar-refractivity contribution in [2.24, 2.45) is 17.1 Å². The van der Waals surface area contributed by atoms with Gasteiger partial charge in [-0.25, -0.2) is 0 Å². The molecule has 0 aromatic carbocycles. The topological polar surface area (TPSA) is 73.6 Å². The van der Waals surface area contributed by atoms with Crippen LogP contribution >= 0.6 is 0 Å². The van der Waals surface area contributed by atoms with Crippen LogP contribution in [0.15, 0.2) is 0 Å². The molecule has 0 saturated carbocycles. The second-order valence-electron chi connectivity index (χ2n) is 6.89. The Morgan fingerprint density at radius 3 is 2.53 bits per heavy atom. The summed E-state index contributed by atoms with van der Waals surface area (Å²) in [4.78, 5) is 12.1. The van der Waals surface area contributed by atoms with Crippen LogP contribution in [0, 0.1) is 11.3 Å². The molecule has 0 aromatic heterocycles. The molecule has 1 heterocycles. The minimum atomic E-state index is -0.548. The Morgan fingerprint density at radius 1 is 1.47 bits per heavy atom. The number of ether oxygens (including phenoxy) is 2. The predicted molar refractivity (Wildman–Crippen MR) is 74.5 cm³/mol. The number of hydrogen-bond acceptors (Lipinski definition) is 4. The van der Waals surface area contributed by atoms with Gasteiger partial charge in [-0.1, -0.05) is 20.8 Å². The molecule has 1 rings (SSSR count). The molecule has 1 saturated heterocycles. The van der Waals surface area contributed by atoms with Gasteiger partial charge in [0.15, 0.2) is 5.79 Å². The smallest absolute Gasteiger partial charge is 0.224 e. The average Bonchev–Trinajstić information content (AvgIpc) is 2.61. The molecule has 0 aliphatic carbocycles. The maximum absolute atomic E-state index is 12.1. The first kappa shape index (κ1) is 16.4. The van der Waals surface area contributed by atoms with Gasteiger partial charge in [0.1, 0.15) is 6.10 Å². The normalized spacial score (nSPS) is 24.2. The summed E-state index contributed by atoms with van der Waals surface area (Å²) in [6, 6.07) is 0. The van der Waals surface area contributed by atoms with Gasteiger partial charge in [-0.15, -0.1) is 0 Å². The zero-order valence-electron chi connectivity index (χ0n) is 12.8. The van der Waals surface area contributed by atoms with Crippen molar-refractivity contribution in [2.45, 2.75) is 52.9 Å². The molecule has 1 fully saturated rings. The van der Waals surface area contributed by atoms with Crippen molar-refractivity contribution in [3.63, 3.8) is 0 Å². The molecule has 2 unspecified atom stereocenters. The monoisotopic (exact) mass is 272 g/mol. The van der Waals surface area contributed by atoms with Crippen LogP contribution in [-0.4, -0.2) is 37.5 Å². The molecule has 19 heavy (non-hydrogen) atoms. The summed E-state index contributed by atoms with van der Waals surface area (Å²) in [6.07, 6.45) is 0.704. The van der Waals surface area contributed by atoms with E-state index < -0.39 is 5.79 Å². The molecular weight excluding hydrogens is 244 g/mol. The summed E-state index contributed by atoms with van der Waals surface area (Å²) in [5, 5.41) is 2.91. The van der Waals surface area contributed by atoms with Crippen LogP contribution in [0.2, 0.25) is 0 Å². The fourth-order valence-corrected chi connectivity index (χ4v) is 2.24. The molecule has 1 aliphatic rings. The van der Waals surface area contributed by atoms with Gasteiger partial charge < -0.3 is 20.5 Å². The molecule has 1 aliphatic heterocycles. The lowest BCUT2D eigenvalue weighted by molar-refractivity contribution is -0.140. The Labute approximate surface area is 116 Å². The Bertz CT molecular complexity index is 310. The van der Waals surface area contributed by atoms with Gasteiger partial charge in [0.2, 0.25) is 5.91 Å². The van der Waals surface area contributed by atoms with Crippen LogP contribution in [0.5, 0.6) is 0 Å². The first-order valence-corrected chi connectivity index (χ1v) is 6.92. The first-order chi connectivity index (χ1) is 8.63. The molecule has 3 N–H and O–H groups in total. The van der Waals surface area contributed by atoms with Gasteiger partial charge in [-0.2, -0.15) is 0 Å². The van der Waals surface area contributed by atoms with Crippen molar-refractivity contribution in [1.29, 1.82) is 0 Å². The van der Waals surface area contributed by atoms with Gasteiger partial charge in [0, 0.05) is 13.1 Å². The van der Waals surface area contributed by atoms with E-state index in [9.17, 15) is 4.79 Å². The lowest BCUT2D eigenvalue weighted by atomic mass is 9.84. The third-order valence-electron chi connectivity index (χ3n) is 3.09. The first-order valence-electron chi connectivity index (χ1n) is 6.92. The molecule has 0 aromatic rings. The largest absolute Gasteiger partial charge is 0.353 e. The van der Waals surface area contributed by atoms with Crippen molar-refractivity contribution in [3.8, 4) is 0 Å². The summed E-state index contributed by atoms with van der Waals surface area (Å²) in [5.74, 6) is -0.685. The molecule has 0 bridgehead atoms. The van der Waals surface area contributed by atoms with E-state index in [1.54, 1.807) is 0 Å². The number of nitrogens with one attached hydrogen (secondary N) is 1. The van der Waals surface area contributed by atoms with Crippen molar-refractivity contribution < 1.29 is 14.3 Å². The highest BCUT2D eigenvalue weighted by atomic mass is 16.7. The summed E-state index contributed by atoms with van der Waals surface area (Å²) in [6.45, 7) is 11.4. The van der Waals surface area contributed by atoms with E-state index >= 15 is 0 Å². The summed E-state index contributed by atoms with van der Waals surface area (Å²) in [5.41, 5.74) is 5.78. The molecule has 0 radical (unpaired) electrons. The number of amides is 1. The Balaban J connectivity index is 2.37. The predicted octanol–water partition coefficient (Wildman–Crippen LogP) is 1.27. The lowest BCUT2D eigenvalue weighted by Crippen LogP contribution is -2.41. The fraction of sp³-hybridized carbons (Fsp3) is 0.929. The minimum absolute atomic E-state index is 0.00531. The van der Waals surface area contributed by atoms with Crippen molar-refractivity contribution >= 4 is 5.91 Å². The number of carbonyl (C=O) groups excluding carboxylic acids is 1. The maximum atomic E-state index is 12.1. The fourth-order valence-electron chi connectivity index (χ4n) is 2.24. The number of rotatable bonds is 5. The number of nitrogens with two attached hydrogens (primary N) is 1. The highest BCUT2D eigenvalue weighted by Gasteiger charge is 2.33. The molecular formula is C14H28N2O3. The maximum Gasteiger partial charge on any atom is 0.224 e. The standard InChI is InChI=1S/C14H28N2O3/c1-13(2,3)6-10(7-15)12(17)16-8-11-9-18-14(4,5)19-11/h10-11H,6-9,15H2,1-5H3,(H,16,17). The molecule has 5 heteroatoms. The van der Waals surface area contributed by atoms with E-state index in [1.165, 1.54) is 0 Å². The van der Waals surface area contributed by atoms with Gasteiger partial charge in [-0.3, -0.25) is 4.79 Å². The minimum Gasteiger partial charge on any atom is -0.353 e. The van der Waals surface area contributed by atoms with E-state index in [0.717, 1.165) is 6.42 Å². The number of carbonyl (C=O) groups is 1. The van der Waals surface area contributed by atoms with Crippen molar-refractivity contribution in [2.75, 3.05) is 19.7 Å². The van der Waals surface area contributed by atoms with Crippen molar-refractivity contribution in [3.05, 3.63) is 0 Å². The average molecular weight is 272 g/mol. The molecule has 0 spiro atoms. The van der Waals surface area contributed by atoms with E-state index in [0.29, 0.717) is 19.7 Å². The van der Waals surface area contributed by atoms with Gasteiger partial charge >= 0.3 is 0 Å². The van der Waals surface area contributed by atoms with E-state index in [1.807, 2.05) is 13.8 Å². The molecule has 1 amide bonds. The van der Waals surface area contributed by atoms with Crippen LogP contribution in [0.3, 0.4) is 0 Å². The summed E-state index contributed by atoms with van der Waals surface area (Å²) >= 11 is 0. The van der Waals surface area contributed by atoms with Crippen LogP contribution in [0.4, 0.5) is 0 Å². The van der Waals surface area contributed by atoms with Crippen LogP contribution in [0.1, 0.15) is 41.0 Å². The summed E-state index contributed by atoms with van der Waals surface area (Å²) < 4.78 is 11.1. The van der Waals surface area contributed by atoms with Crippen LogP contribution < -0.4 is 11.1 Å². The Morgan fingerprint density at radius 2 is 2.11 bits per heavy atom. The highest BCUT2D eigenvalue weighted by molar-refractivity contribution is 5.78. The van der Waals surface area contributed by atoms with Gasteiger partial charge in [-0.05, 0) is 25.7 Å². The zero-order chi connectivity index (χ0) is 14.7. The molecule has 5 nitrogen and oxygen atoms in total. The molecule has 112 valence electrons. The van der Waals surface area contributed by atoms with Crippen molar-refractivity contribution in [1.82, 2.24) is 5.32 Å². The van der Waals surface area contributed by atoms with Gasteiger partial charge in [0.05, 0.1) is 12.5 Å². The SMILES string of the molecule is CC(C)(C)CC(CN)C(=O)NCC1COC(C)(C)O1. The Kier molecular flexibility index (Phi) is 5.35. The second kappa shape index (κ2) is 6.20. The van der Waals surface area contributed by atoms with E-state index in [4.69, 9.17) is 15.2 Å². The lowest BCUT2D eigenvalue weighted by Gasteiger charge is -2.25. The third kappa shape index (κ3) is 5.89. The highest BCUT2D eigenvalue weighted by Crippen LogP contribution is 2.24. The van der Waals surface area contributed by atoms with E-state index in [-0.39, 0.29) is 23.3 Å². The third-order valence-corrected chi connectivity index (χ3v) is 3.09. The van der Waals surface area contributed by atoms with Gasteiger partial charge in [0.25, 0.3) is 0 Å². The summed E-state index contributed by atoms with van der Waals surface area (Å²) in [7, 11) is 0. The zero-order valence-corrected chi connectivity index (χ0v) is 12.8. The second-order valence-corrected chi connectivity index (χ2v) is 6.89. The van der Waals surface area contributed by atoms with Crippen LogP contribution in [-0.2, 0) is 14.3 Å². The molecule has 2 atom stereocenters. The van der Waals surface area contributed by atoms with Crippen LogP contribution in [0.25, 0.3) is 0 Å².